The molecule has 0 bridgehead atoms. The van der Waals surface area contributed by atoms with Gasteiger partial charge in [-0.3, -0.25) is 14.2 Å². The standard InChI is InChI=1S/C25H25FN6O2/c1-14-9-21(24(33)31(3)4)27-10-17(14)19-12-29-25(32-13-15(2)30-23(19)32)28-11-18-16-7-8-34-22(16)6-5-20(18)26/h5-6,9-10,12-13H,7-8,11H2,1-4H3,(H,28,29). The predicted molar refractivity (Wildman–Crippen MR) is 127 cm³/mol. The summed E-state index contributed by atoms with van der Waals surface area (Å²) in [4.78, 5) is 27.5. The van der Waals surface area contributed by atoms with E-state index >= 15 is 0 Å². The number of rotatable bonds is 5. The van der Waals surface area contributed by atoms with Gasteiger partial charge in [-0.2, -0.15) is 0 Å². The van der Waals surface area contributed by atoms with Gasteiger partial charge in [0.2, 0.25) is 5.95 Å². The minimum atomic E-state index is -0.263. The maximum absolute atomic E-state index is 14.6. The van der Waals surface area contributed by atoms with Gasteiger partial charge in [-0.05, 0) is 37.6 Å². The molecule has 0 aliphatic carbocycles. The first-order valence-electron chi connectivity index (χ1n) is 11.0. The van der Waals surface area contributed by atoms with Crippen LogP contribution in [0.1, 0.15) is 32.9 Å². The second-order valence-corrected chi connectivity index (χ2v) is 8.61. The average Bonchev–Trinajstić information content (AvgIpc) is 3.44. The maximum Gasteiger partial charge on any atom is 0.271 e. The highest BCUT2D eigenvalue weighted by molar-refractivity contribution is 5.93. The van der Waals surface area contributed by atoms with Gasteiger partial charge in [0.1, 0.15) is 22.9 Å². The van der Waals surface area contributed by atoms with E-state index in [1.165, 1.54) is 11.0 Å². The Hall–Kier alpha value is -4.01. The minimum Gasteiger partial charge on any atom is -0.493 e. The number of amides is 1. The van der Waals surface area contributed by atoms with E-state index in [4.69, 9.17) is 9.72 Å². The molecule has 0 saturated heterocycles. The largest absolute Gasteiger partial charge is 0.493 e. The van der Waals surface area contributed by atoms with Crippen molar-refractivity contribution in [2.45, 2.75) is 26.8 Å². The van der Waals surface area contributed by atoms with Gasteiger partial charge in [0.05, 0.1) is 12.3 Å². The fourth-order valence-electron chi connectivity index (χ4n) is 4.27. The van der Waals surface area contributed by atoms with Crippen molar-refractivity contribution in [3.63, 3.8) is 0 Å². The Morgan fingerprint density at radius 3 is 2.76 bits per heavy atom. The number of aromatic nitrogens is 4. The molecule has 0 unspecified atom stereocenters. The van der Waals surface area contributed by atoms with Crippen molar-refractivity contribution in [2.75, 3.05) is 26.0 Å². The van der Waals surface area contributed by atoms with Crippen molar-refractivity contribution in [2.24, 2.45) is 0 Å². The minimum absolute atomic E-state index is 0.154. The number of imidazole rings is 1. The zero-order chi connectivity index (χ0) is 24.0. The van der Waals surface area contributed by atoms with Crippen LogP contribution >= 0.6 is 0 Å². The van der Waals surface area contributed by atoms with E-state index in [0.29, 0.717) is 35.9 Å². The average molecular weight is 461 g/mol. The molecule has 0 saturated carbocycles. The molecule has 4 aromatic rings. The Labute approximate surface area is 196 Å². The molecule has 0 atom stereocenters. The maximum atomic E-state index is 14.6. The summed E-state index contributed by atoms with van der Waals surface area (Å²) in [5.41, 5.74) is 5.93. The van der Waals surface area contributed by atoms with Gasteiger partial charge in [-0.25, -0.2) is 14.4 Å². The van der Waals surface area contributed by atoms with E-state index in [-0.39, 0.29) is 18.3 Å². The number of carbonyl (C=O) groups is 1. The van der Waals surface area contributed by atoms with Gasteiger partial charge in [-0.15, -0.1) is 0 Å². The molecule has 3 aromatic heterocycles. The van der Waals surface area contributed by atoms with E-state index < -0.39 is 0 Å². The van der Waals surface area contributed by atoms with Gasteiger partial charge in [0.15, 0.2) is 0 Å². The highest BCUT2D eigenvalue weighted by Crippen LogP contribution is 2.32. The molecule has 1 aromatic carbocycles. The highest BCUT2D eigenvalue weighted by Gasteiger charge is 2.21. The van der Waals surface area contributed by atoms with E-state index in [0.717, 1.165) is 33.7 Å². The fraction of sp³-hybridized carbons (Fsp3) is 0.280. The third-order valence-electron chi connectivity index (χ3n) is 6.00. The molecular weight excluding hydrogens is 435 g/mol. The summed E-state index contributed by atoms with van der Waals surface area (Å²) in [6.45, 7) is 4.68. The summed E-state index contributed by atoms with van der Waals surface area (Å²) in [5, 5.41) is 3.27. The molecular formula is C25H25FN6O2. The Bertz CT molecular complexity index is 1430. The number of fused-ring (bicyclic) bond motifs is 2. The van der Waals surface area contributed by atoms with E-state index in [9.17, 15) is 9.18 Å². The quantitative estimate of drug-likeness (QED) is 0.488. The van der Waals surface area contributed by atoms with Crippen LogP contribution < -0.4 is 10.1 Å². The lowest BCUT2D eigenvalue weighted by Gasteiger charge is -2.14. The van der Waals surface area contributed by atoms with Gasteiger partial charge < -0.3 is 15.0 Å². The number of nitrogens with one attached hydrogen (secondary N) is 1. The van der Waals surface area contributed by atoms with Gasteiger partial charge in [0, 0.05) is 67.9 Å². The number of nitrogens with zero attached hydrogens (tertiary/aromatic N) is 5. The van der Waals surface area contributed by atoms with Crippen LogP contribution in [0.15, 0.2) is 36.8 Å². The molecule has 1 aliphatic rings. The first kappa shape index (κ1) is 21.8. The van der Waals surface area contributed by atoms with Crippen molar-refractivity contribution in [1.82, 2.24) is 24.3 Å². The topological polar surface area (TPSA) is 84.7 Å². The zero-order valence-corrected chi connectivity index (χ0v) is 19.5. The molecule has 1 amide bonds. The summed E-state index contributed by atoms with van der Waals surface area (Å²) >= 11 is 0. The Balaban J connectivity index is 1.50. The van der Waals surface area contributed by atoms with Crippen LogP contribution in [0.3, 0.4) is 0 Å². The molecule has 1 aliphatic heterocycles. The number of halogens is 1. The van der Waals surface area contributed by atoms with Crippen molar-refractivity contribution >= 4 is 17.5 Å². The smallest absolute Gasteiger partial charge is 0.271 e. The van der Waals surface area contributed by atoms with Gasteiger partial charge >= 0.3 is 0 Å². The first-order valence-corrected chi connectivity index (χ1v) is 11.0. The van der Waals surface area contributed by atoms with Crippen molar-refractivity contribution in [1.29, 1.82) is 0 Å². The number of pyridine rings is 1. The molecule has 1 N–H and O–H groups in total. The van der Waals surface area contributed by atoms with Crippen LogP contribution in [-0.2, 0) is 13.0 Å². The zero-order valence-electron chi connectivity index (χ0n) is 19.5. The summed E-state index contributed by atoms with van der Waals surface area (Å²) in [7, 11) is 3.39. The van der Waals surface area contributed by atoms with Crippen molar-refractivity contribution in [3.05, 3.63) is 70.7 Å². The molecule has 0 fully saturated rings. The normalized spacial score (nSPS) is 12.5. The van der Waals surface area contributed by atoms with E-state index in [1.807, 2.05) is 24.4 Å². The lowest BCUT2D eigenvalue weighted by atomic mass is 10.0. The number of carbonyl (C=O) groups excluding carboxylic acids is 1. The number of hydrogen-bond acceptors (Lipinski definition) is 6. The highest BCUT2D eigenvalue weighted by atomic mass is 19.1. The van der Waals surface area contributed by atoms with Crippen LogP contribution in [0.5, 0.6) is 5.75 Å². The second-order valence-electron chi connectivity index (χ2n) is 8.61. The number of ether oxygens (including phenoxy) is 1. The molecule has 5 rings (SSSR count). The summed E-state index contributed by atoms with van der Waals surface area (Å²) < 4.78 is 22.0. The molecule has 4 heterocycles. The number of hydrogen-bond donors (Lipinski definition) is 1. The summed E-state index contributed by atoms with van der Waals surface area (Å²) in [6.07, 6.45) is 5.99. The molecule has 34 heavy (non-hydrogen) atoms. The lowest BCUT2D eigenvalue weighted by Crippen LogP contribution is -2.22. The monoisotopic (exact) mass is 460 g/mol. The Kier molecular flexibility index (Phi) is 5.39. The first-order chi connectivity index (χ1) is 16.3. The fourth-order valence-corrected chi connectivity index (χ4v) is 4.27. The van der Waals surface area contributed by atoms with Crippen molar-refractivity contribution in [3.8, 4) is 16.9 Å². The van der Waals surface area contributed by atoms with Gasteiger partial charge in [-0.1, -0.05) is 0 Å². The number of benzene rings is 1. The Morgan fingerprint density at radius 1 is 1.21 bits per heavy atom. The Morgan fingerprint density at radius 2 is 2.00 bits per heavy atom. The number of anilines is 1. The predicted octanol–water partition coefficient (Wildman–Crippen LogP) is 3.80. The molecule has 174 valence electrons. The molecule has 9 heteroatoms. The van der Waals surface area contributed by atoms with Crippen LogP contribution in [0.4, 0.5) is 10.3 Å². The molecule has 8 nitrogen and oxygen atoms in total. The number of aryl methyl sites for hydroxylation is 2. The molecule has 0 radical (unpaired) electrons. The second kappa shape index (κ2) is 8.40. The SMILES string of the molecule is Cc1cn2c(NCc3c(F)ccc4c3CCO4)ncc(-c3cnc(C(=O)N(C)C)cc3C)c2n1. The third kappa shape index (κ3) is 3.72. The summed E-state index contributed by atoms with van der Waals surface area (Å²) in [6, 6.07) is 4.89. The summed E-state index contributed by atoms with van der Waals surface area (Å²) in [5.74, 6) is 0.879. The lowest BCUT2D eigenvalue weighted by molar-refractivity contribution is 0.0822. The van der Waals surface area contributed by atoms with E-state index in [2.05, 4.69) is 15.3 Å². The van der Waals surface area contributed by atoms with Crippen LogP contribution in [0.2, 0.25) is 0 Å². The van der Waals surface area contributed by atoms with E-state index in [1.54, 1.807) is 38.6 Å². The van der Waals surface area contributed by atoms with Gasteiger partial charge in [0.25, 0.3) is 5.91 Å². The molecule has 0 spiro atoms. The van der Waals surface area contributed by atoms with Crippen molar-refractivity contribution < 1.29 is 13.9 Å². The van der Waals surface area contributed by atoms with Crippen LogP contribution in [-0.4, -0.2) is 50.9 Å². The van der Waals surface area contributed by atoms with Crippen LogP contribution in [0, 0.1) is 19.7 Å². The van der Waals surface area contributed by atoms with Crippen LogP contribution in [0.25, 0.3) is 16.8 Å². The third-order valence-corrected chi connectivity index (χ3v) is 6.00.